The van der Waals surface area contributed by atoms with Crippen LogP contribution in [0.4, 0.5) is 5.69 Å². The molecule has 6 rings (SSSR count). The number of rotatable bonds is 5. The summed E-state index contributed by atoms with van der Waals surface area (Å²) in [5, 5.41) is 4.85. The molecule has 176 valence electrons. The number of hydrogen-bond acceptors (Lipinski definition) is 4. The zero-order valence-electron chi connectivity index (χ0n) is 19.7. The molecule has 2 aliphatic rings. The maximum atomic E-state index is 4.53. The largest absolute Gasteiger partial charge is 0.383 e. The molecule has 0 radical (unpaired) electrons. The molecule has 0 amide bonds. The van der Waals surface area contributed by atoms with Crippen molar-refractivity contribution in [2.24, 2.45) is 0 Å². The van der Waals surface area contributed by atoms with E-state index in [1.165, 1.54) is 36.9 Å². The minimum absolute atomic E-state index is 0.309. The number of anilines is 1. The molecule has 0 unspecified atom stereocenters. The molecule has 3 aromatic carbocycles. The standard InChI is InChI=1S/C30H29IN4/c31-24-11-12-27-28(13-14-32-29(27)21-24)33-15-16-34-17-19-35(20-18-34)30-25-7-3-1-5-22(25)9-10-23-6-2-4-8-26(23)30/h1-14,21,30H,15-20H2,(H,32,33). The van der Waals surface area contributed by atoms with Gasteiger partial charge in [-0.05, 0) is 69.1 Å². The second-order valence-electron chi connectivity index (χ2n) is 9.32. The molecule has 4 aromatic rings. The van der Waals surface area contributed by atoms with Crippen molar-refractivity contribution in [2.75, 3.05) is 44.6 Å². The van der Waals surface area contributed by atoms with Crippen LogP contribution in [0.3, 0.4) is 0 Å². The van der Waals surface area contributed by atoms with E-state index < -0.39 is 0 Å². The van der Waals surface area contributed by atoms with E-state index >= 15 is 0 Å². The number of piperazine rings is 1. The van der Waals surface area contributed by atoms with Crippen molar-refractivity contribution in [2.45, 2.75) is 6.04 Å². The van der Waals surface area contributed by atoms with Crippen LogP contribution in [-0.2, 0) is 0 Å². The fourth-order valence-corrected chi connectivity index (χ4v) is 5.91. The number of benzene rings is 3. The van der Waals surface area contributed by atoms with Crippen LogP contribution in [0.5, 0.6) is 0 Å². The van der Waals surface area contributed by atoms with Gasteiger partial charge in [0.15, 0.2) is 0 Å². The molecule has 0 saturated carbocycles. The van der Waals surface area contributed by atoms with Crippen molar-refractivity contribution in [3.63, 3.8) is 0 Å². The lowest BCUT2D eigenvalue weighted by molar-refractivity contribution is 0.112. The molecule has 0 atom stereocenters. The summed E-state index contributed by atoms with van der Waals surface area (Å²) in [6, 6.07) is 26.6. The normalized spacial score (nSPS) is 16.6. The van der Waals surface area contributed by atoms with Crippen LogP contribution in [0.15, 0.2) is 79.0 Å². The Morgan fingerprint density at radius 3 is 2.23 bits per heavy atom. The van der Waals surface area contributed by atoms with Crippen LogP contribution < -0.4 is 5.32 Å². The van der Waals surface area contributed by atoms with Gasteiger partial charge in [-0.1, -0.05) is 60.7 Å². The Bertz CT molecular complexity index is 1320. The third-order valence-electron chi connectivity index (χ3n) is 7.24. The number of hydrogen-bond donors (Lipinski definition) is 1. The number of nitrogens with one attached hydrogen (secondary N) is 1. The summed E-state index contributed by atoms with van der Waals surface area (Å²) < 4.78 is 1.22. The number of nitrogens with zero attached hydrogens (tertiary/aromatic N) is 3. The van der Waals surface area contributed by atoms with Gasteiger partial charge in [0.1, 0.15) is 0 Å². The Balaban J connectivity index is 1.12. The van der Waals surface area contributed by atoms with E-state index in [4.69, 9.17) is 0 Å². The van der Waals surface area contributed by atoms with Crippen molar-refractivity contribution < 1.29 is 0 Å². The molecular formula is C30H29IN4. The summed E-state index contributed by atoms with van der Waals surface area (Å²) in [5.74, 6) is 0. The first-order valence-electron chi connectivity index (χ1n) is 12.4. The first-order chi connectivity index (χ1) is 17.3. The molecule has 1 N–H and O–H groups in total. The van der Waals surface area contributed by atoms with Gasteiger partial charge in [0.25, 0.3) is 0 Å². The summed E-state index contributed by atoms with van der Waals surface area (Å²) in [6.45, 7) is 6.30. The zero-order chi connectivity index (χ0) is 23.6. The molecule has 1 aliphatic carbocycles. The smallest absolute Gasteiger partial charge is 0.0733 e. The quantitative estimate of drug-likeness (QED) is 0.291. The second kappa shape index (κ2) is 10.1. The summed E-state index contributed by atoms with van der Waals surface area (Å²) in [6.07, 6.45) is 6.45. The molecule has 1 saturated heterocycles. The van der Waals surface area contributed by atoms with Crippen LogP contribution in [0.1, 0.15) is 28.3 Å². The number of fused-ring (bicyclic) bond motifs is 3. The SMILES string of the molecule is Ic1ccc2c(NCCN3CCN(C4c5ccccc5C=Cc5ccccc54)CC3)ccnc2c1. The second-order valence-corrected chi connectivity index (χ2v) is 10.6. The highest BCUT2D eigenvalue weighted by Gasteiger charge is 2.29. The van der Waals surface area contributed by atoms with Gasteiger partial charge in [-0.15, -0.1) is 0 Å². The van der Waals surface area contributed by atoms with Gasteiger partial charge in [-0.3, -0.25) is 14.8 Å². The maximum Gasteiger partial charge on any atom is 0.0733 e. The highest BCUT2D eigenvalue weighted by atomic mass is 127. The zero-order valence-corrected chi connectivity index (χ0v) is 21.9. The number of halogens is 1. The molecule has 1 fully saturated rings. The summed E-state index contributed by atoms with van der Waals surface area (Å²) in [4.78, 5) is 9.79. The van der Waals surface area contributed by atoms with E-state index in [1.54, 1.807) is 0 Å². The minimum atomic E-state index is 0.309. The molecule has 35 heavy (non-hydrogen) atoms. The third kappa shape index (κ3) is 4.73. The van der Waals surface area contributed by atoms with Crippen molar-refractivity contribution in [1.29, 1.82) is 0 Å². The lowest BCUT2D eigenvalue weighted by atomic mass is 9.92. The monoisotopic (exact) mass is 572 g/mol. The molecule has 2 heterocycles. The van der Waals surface area contributed by atoms with Gasteiger partial charge in [0.05, 0.1) is 11.6 Å². The number of aromatic nitrogens is 1. The van der Waals surface area contributed by atoms with Crippen LogP contribution in [-0.4, -0.2) is 54.1 Å². The minimum Gasteiger partial charge on any atom is -0.383 e. The first kappa shape index (κ1) is 22.7. The Hall–Kier alpha value is -2.74. The Morgan fingerprint density at radius 1 is 0.829 bits per heavy atom. The van der Waals surface area contributed by atoms with Crippen molar-refractivity contribution in [3.8, 4) is 0 Å². The lowest BCUT2D eigenvalue weighted by Gasteiger charge is -2.40. The molecular weight excluding hydrogens is 543 g/mol. The molecule has 5 heteroatoms. The van der Waals surface area contributed by atoms with E-state index in [9.17, 15) is 0 Å². The highest BCUT2D eigenvalue weighted by molar-refractivity contribution is 14.1. The van der Waals surface area contributed by atoms with Crippen molar-refractivity contribution >= 4 is 51.3 Å². The van der Waals surface area contributed by atoms with Crippen LogP contribution in [0.25, 0.3) is 23.1 Å². The predicted octanol–water partition coefficient (Wildman–Crippen LogP) is 6.14. The fourth-order valence-electron chi connectivity index (χ4n) is 5.43. The third-order valence-corrected chi connectivity index (χ3v) is 7.91. The average molecular weight is 572 g/mol. The Labute approximate surface area is 220 Å². The maximum absolute atomic E-state index is 4.53. The van der Waals surface area contributed by atoms with Crippen LogP contribution >= 0.6 is 22.6 Å². The van der Waals surface area contributed by atoms with Crippen molar-refractivity contribution in [3.05, 3.63) is 105 Å². The van der Waals surface area contributed by atoms with E-state index in [-0.39, 0.29) is 0 Å². The lowest BCUT2D eigenvalue weighted by Crippen LogP contribution is -2.49. The molecule has 1 aromatic heterocycles. The molecule has 1 aliphatic heterocycles. The Kier molecular flexibility index (Phi) is 6.55. The molecule has 4 nitrogen and oxygen atoms in total. The number of pyridine rings is 1. The summed E-state index contributed by atoms with van der Waals surface area (Å²) in [5.41, 5.74) is 7.73. The summed E-state index contributed by atoms with van der Waals surface area (Å²) >= 11 is 2.34. The van der Waals surface area contributed by atoms with Gasteiger partial charge in [0.2, 0.25) is 0 Å². The van der Waals surface area contributed by atoms with E-state index in [0.717, 1.165) is 44.8 Å². The molecule has 0 spiro atoms. The van der Waals surface area contributed by atoms with Gasteiger partial charge in [-0.2, -0.15) is 0 Å². The van der Waals surface area contributed by atoms with Crippen LogP contribution in [0, 0.1) is 3.57 Å². The summed E-state index contributed by atoms with van der Waals surface area (Å²) in [7, 11) is 0. The predicted molar refractivity (Wildman–Crippen MR) is 155 cm³/mol. The van der Waals surface area contributed by atoms with E-state index in [1.807, 2.05) is 6.20 Å². The van der Waals surface area contributed by atoms with Gasteiger partial charge in [-0.25, -0.2) is 0 Å². The van der Waals surface area contributed by atoms with Crippen LogP contribution in [0.2, 0.25) is 0 Å². The average Bonchev–Trinajstić information content (AvgIpc) is 3.06. The topological polar surface area (TPSA) is 31.4 Å². The first-order valence-corrected chi connectivity index (χ1v) is 13.4. The van der Waals surface area contributed by atoms with Gasteiger partial charge < -0.3 is 5.32 Å². The Morgan fingerprint density at radius 2 is 1.51 bits per heavy atom. The van der Waals surface area contributed by atoms with Gasteiger partial charge in [0, 0.05) is 60.1 Å². The highest BCUT2D eigenvalue weighted by Crippen LogP contribution is 2.37. The van der Waals surface area contributed by atoms with E-state index in [0.29, 0.717) is 6.04 Å². The van der Waals surface area contributed by atoms with E-state index in [2.05, 4.69) is 128 Å². The molecule has 0 bridgehead atoms. The fraction of sp³-hybridized carbons (Fsp3) is 0.233. The van der Waals surface area contributed by atoms with Crippen molar-refractivity contribution in [1.82, 2.24) is 14.8 Å². The van der Waals surface area contributed by atoms with Gasteiger partial charge >= 0.3 is 0 Å².